The Morgan fingerprint density at radius 1 is 1.00 bits per heavy atom. The molecule has 8 nitrogen and oxygen atoms in total. The number of fused-ring (bicyclic) bond motifs is 1. The monoisotopic (exact) mass is 445 g/mol. The van der Waals surface area contributed by atoms with Crippen LogP contribution in [0, 0.1) is 0 Å². The van der Waals surface area contributed by atoms with Gasteiger partial charge in [0.2, 0.25) is 10.0 Å². The van der Waals surface area contributed by atoms with Crippen LogP contribution in [0.2, 0.25) is 0 Å². The molecule has 154 valence electrons. The predicted molar refractivity (Wildman–Crippen MR) is 99.3 cm³/mol. The zero-order valence-corrected chi connectivity index (χ0v) is 16.3. The second kappa shape index (κ2) is 7.39. The van der Waals surface area contributed by atoms with Crippen molar-refractivity contribution in [3.63, 3.8) is 0 Å². The van der Waals surface area contributed by atoms with E-state index in [1.165, 1.54) is 15.6 Å². The summed E-state index contributed by atoms with van der Waals surface area (Å²) in [6.45, 7) is 1.34. The fourth-order valence-corrected chi connectivity index (χ4v) is 5.29. The lowest BCUT2D eigenvalue weighted by atomic mass is 10.3. The van der Waals surface area contributed by atoms with Crippen molar-refractivity contribution in [2.75, 3.05) is 31.1 Å². The number of hydrogen-bond acceptors (Lipinski definition) is 8. The molecule has 1 fully saturated rings. The van der Waals surface area contributed by atoms with Crippen molar-refractivity contribution in [3.8, 4) is 5.75 Å². The molecule has 0 atom stereocenters. The molecular formula is C16H14F3N5O3S2. The summed E-state index contributed by atoms with van der Waals surface area (Å²) in [6.07, 6.45) is -1.63. The molecule has 1 aliphatic heterocycles. The second-order valence-electron chi connectivity index (χ2n) is 6.15. The van der Waals surface area contributed by atoms with Gasteiger partial charge in [-0.2, -0.15) is 14.5 Å². The maximum Gasteiger partial charge on any atom is 0.573 e. The van der Waals surface area contributed by atoms with E-state index < -0.39 is 22.1 Å². The smallest absolute Gasteiger partial charge is 0.406 e. The maximum absolute atomic E-state index is 12.8. The van der Waals surface area contributed by atoms with Crippen LogP contribution >= 0.6 is 11.3 Å². The van der Waals surface area contributed by atoms with Gasteiger partial charge in [-0.25, -0.2) is 13.4 Å². The third kappa shape index (κ3) is 4.26. The topological polar surface area (TPSA) is 88.5 Å². The predicted octanol–water partition coefficient (Wildman–Crippen LogP) is 2.50. The number of benzene rings is 1. The number of nitrogens with zero attached hydrogens (tertiary/aromatic N) is 5. The van der Waals surface area contributed by atoms with E-state index in [-0.39, 0.29) is 18.0 Å². The zero-order chi connectivity index (χ0) is 20.6. The number of hydrogen-bond donors (Lipinski definition) is 0. The van der Waals surface area contributed by atoms with Gasteiger partial charge in [0.15, 0.2) is 5.13 Å². The highest BCUT2D eigenvalue weighted by atomic mass is 32.2. The molecule has 1 aromatic carbocycles. The van der Waals surface area contributed by atoms with E-state index in [9.17, 15) is 21.6 Å². The number of halogens is 3. The molecule has 0 N–H and O–H groups in total. The van der Waals surface area contributed by atoms with Crippen LogP contribution in [-0.2, 0) is 10.0 Å². The Hall–Kier alpha value is -2.51. The van der Waals surface area contributed by atoms with E-state index in [4.69, 9.17) is 0 Å². The van der Waals surface area contributed by atoms with E-state index in [1.807, 2.05) is 4.90 Å². The number of thiazole rings is 1. The Morgan fingerprint density at radius 2 is 1.66 bits per heavy atom. The minimum atomic E-state index is -4.83. The average Bonchev–Trinajstić information content (AvgIpc) is 3.11. The Labute approximate surface area is 167 Å². The summed E-state index contributed by atoms with van der Waals surface area (Å²) in [5.41, 5.74) is 0.733. The normalized spacial score (nSPS) is 16.3. The molecule has 29 heavy (non-hydrogen) atoms. The zero-order valence-electron chi connectivity index (χ0n) is 14.7. The van der Waals surface area contributed by atoms with Gasteiger partial charge in [0.25, 0.3) is 0 Å². The van der Waals surface area contributed by atoms with Gasteiger partial charge in [-0.15, -0.1) is 13.2 Å². The van der Waals surface area contributed by atoms with Crippen molar-refractivity contribution in [2.24, 2.45) is 0 Å². The van der Waals surface area contributed by atoms with Crippen molar-refractivity contribution in [1.82, 2.24) is 19.5 Å². The van der Waals surface area contributed by atoms with Gasteiger partial charge in [0.1, 0.15) is 11.3 Å². The molecule has 2 aromatic heterocycles. The standard InChI is InChI=1S/C16H14F3N5O3S2/c17-16(18,19)27-11-1-3-12(4-2-11)29(25,26)24-7-5-23(6-8-24)15-22-13-9-20-21-10-14(13)28-15/h1-4,9-10H,5-8H2. The van der Waals surface area contributed by atoms with Crippen molar-refractivity contribution in [3.05, 3.63) is 36.7 Å². The molecule has 3 heterocycles. The van der Waals surface area contributed by atoms with Crippen LogP contribution in [0.15, 0.2) is 41.6 Å². The maximum atomic E-state index is 12.8. The summed E-state index contributed by atoms with van der Waals surface area (Å²) in [4.78, 5) is 6.39. The third-order valence-electron chi connectivity index (χ3n) is 4.30. The van der Waals surface area contributed by atoms with Gasteiger partial charge >= 0.3 is 6.36 Å². The highest BCUT2D eigenvalue weighted by Crippen LogP contribution is 2.29. The highest BCUT2D eigenvalue weighted by Gasteiger charge is 2.32. The van der Waals surface area contributed by atoms with Crippen LogP contribution in [0.5, 0.6) is 5.75 Å². The van der Waals surface area contributed by atoms with Crippen molar-refractivity contribution < 1.29 is 26.3 Å². The van der Waals surface area contributed by atoms with E-state index >= 15 is 0 Å². The number of piperazine rings is 1. The largest absolute Gasteiger partial charge is 0.573 e. The molecule has 3 aromatic rings. The van der Waals surface area contributed by atoms with E-state index in [0.717, 1.165) is 39.6 Å². The molecule has 1 aliphatic rings. The molecule has 1 saturated heterocycles. The molecular weight excluding hydrogens is 431 g/mol. The first-order valence-electron chi connectivity index (χ1n) is 8.40. The first-order valence-corrected chi connectivity index (χ1v) is 10.7. The lowest BCUT2D eigenvalue weighted by Crippen LogP contribution is -2.48. The van der Waals surface area contributed by atoms with Crippen LogP contribution in [0.1, 0.15) is 0 Å². The minimum Gasteiger partial charge on any atom is -0.406 e. The van der Waals surface area contributed by atoms with E-state index in [2.05, 4.69) is 19.9 Å². The van der Waals surface area contributed by atoms with Crippen molar-refractivity contribution in [1.29, 1.82) is 0 Å². The summed E-state index contributed by atoms with van der Waals surface area (Å²) in [7, 11) is -3.82. The summed E-state index contributed by atoms with van der Waals surface area (Å²) in [5.74, 6) is -0.471. The Morgan fingerprint density at radius 3 is 2.28 bits per heavy atom. The number of alkyl halides is 3. The molecule has 0 amide bonds. The molecule has 4 rings (SSSR count). The van der Waals surface area contributed by atoms with Gasteiger partial charge in [-0.05, 0) is 24.3 Å². The molecule has 0 saturated carbocycles. The summed E-state index contributed by atoms with van der Waals surface area (Å²) < 4.78 is 68.3. The quantitative estimate of drug-likeness (QED) is 0.610. The van der Waals surface area contributed by atoms with Gasteiger partial charge in [0.05, 0.1) is 22.0 Å². The number of aromatic nitrogens is 3. The SMILES string of the molecule is O=S(=O)(c1ccc(OC(F)(F)F)cc1)N1CCN(c2nc3cnncc3s2)CC1. The van der Waals surface area contributed by atoms with Crippen molar-refractivity contribution >= 4 is 36.7 Å². The van der Waals surface area contributed by atoms with Gasteiger partial charge in [0, 0.05) is 26.2 Å². The lowest BCUT2D eigenvalue weighted by Gasteiger charge is -2.33. The fraction of sp³-hybridized carbons (Fsp3) is 0.312. The highest BCUT2D eigenvalue weighted by molar-refractivity contribution is 7.89. The van der Waals surface area contributed by atoms with E-state index in [1.54, 1.807) is 12.4 Å². The minimum absolute atomic E-state index is 0.0855. The average molecular weight is 445 g/mol. The fourth-order valence-electron chi connectivity index (χ4n) is 2.91. The number of rotatable bonds is 4. The summed E-state index contributed by atoms with van der Waals surface area (Å²) in [5, 5.41) is 8.37. The Bertz CT molecular complexity index is 1080. The molecule has 0 radical (unpaired) electrons. The second-order valence-corrected chi connectivity index (χ2v) is 9.09. The lowest BCUT2D eigenvalue weighted by molar-refractivity contribution is -0.274. The molecule has 13 heteroatoms. The van der Waals surface area contributed by atoms with E-state index in [0.29, 0.717) is 13.1 Å². The van der Waals surface area contributed by atoms with Gasteiger partial charge in [-0.3, -0.25) is 0 Å². The summed E-state index contributed by atoms with van der Waals surface area (Å²) in [6, 6.07) is 4.19. The van der Waals surface area contributed by atoms with Gasteiger partial charge in [-0.1, -0.05) is 11.3 Å². The van der Waals surface area contributed by atoms with Crippen LogP contribution < -0.4 is 9.64 Å². The van der Waals surface area contributed by atoms with Gasteiger partial charge < -0.3 is 9.64 Å². The Kier molecular flexibility index (Phi) is 5.04. The molecule has 0 spiro atoms. The summed E-state index contributed by atoms with van der Waals surface area (Å²) >= 11 is 1.45. The number of sulfonamides is 1. The Balaban J connectivity index is 1.44. The number of anilines is 1. The third-order valence-corrected chi connectivity index (χ3v) is 7.28. The number of ether oxygens (including phenoxy) is 1. The van der Waals surface area contributed by atoms with Crippen LogP contribution in [0.3, 0.4) is 0 Å². The molecule has 0 bridgehead atoms. The van der Waals surface area contributed by atoms with Crippen LogP contribution in [0.4, 0.5) is 18.3 Å². The van der Waals surface area contributed by atoms with Crippen LogP contribution in [-0.4, -0.2) is 60.4 Å². The van der Waals surface area contributed by atoms with Crippen LogP contribution in [0.25, 0.3) is 10.2 Å². The first kappa shape index (κ1) is 19.8. The molecule has 0 unspecified atom stereocenters. The van der Waals surface area contributed by atoms with Crippen molar-refractivity contribution in [2.45, 2.75) is 11.3 Å². The first-order chi connectivity index (χ1) is 13.7. The molecule has 0 aliphatic carbocycles.